The number of benzene rings is 3. The second kappa shape index (κ2) is 6.31. The van der Waals surface area contributed by atoms with Gasteiger partial charge in [-0.25, -0.2) is 9.38 Å². The molecule has 0 atom stereocenters. The van der Waals surface area contributed by atoms with Crippen LogP contribution in [0.3, 0.4) is 0 Å². The number of halogens is 1. The molecule has 0 bridgehead atoms. The molecular weight excluding hydrogens is 347 g/mol. The molecule has 0 amide bonds. The van der Waals surface area contributed by atoms with Crippen molar-refractivity contribution < 1.29 is 9.38 Å². The van der Waals surface area contributed by atoms with Crippen molar-refractivity contribution in [1.29, 1.82) is 0 Å². The molecular formula is C25H20FN2+. The lowest BCUT2D eigenvalue weighted by molar-refractivity contribution is -0.349. The molecule has 0 spiro atoms. The van der Waals surface area contributed by atoms with Crippen molar-refractivity contribution in [3.05, 3.63) is 101 Å². The third-order valence-corrected chi connectivity index (χ3v) is 5.42. The van der Waals surface area contributed by atoms with Crippen molar-refractivity contribution in [3.63, 3.8) is 0 Å². The maximum atomic E-state index is 13.7. The summed E-state index contributed by atoms with van der Waals surface area (Å²) in [6.45, 7) is 4.20. The summed E-state index contributed by atoms with van der Waals surface area (Å²) in [6.07, 6.45) is 0. The third-order valence-electron chi connectivity index (χ3n) is 5.42. The van der Waals surface area contributed by atoms with E-state index in [1.807, 2.05) is 24.3 Å². The topological polar surface area (TPSA) is 29.8 Å². The Morgan fingerprint density at radius 3 is 2.39 bits per heavy atom. The Morgan fingerprint density at radius 2 is 1.57 bits per heavy atom. The van der Waals surface area contributed by atoms with Gasteiger partial charge in [0.05, 0.1) is 11.1 Å². The number of hydrogen-bond acceptors (Lipinski definition) is 0. The summed E-state index contributed by atoms with van der Waals surface area (Å²) in [4.78, 5) is 7.03. The molecule has 1 aromatic heterocycles. The van der Waals surface area contributed by atoms with Gasteiger partial charge >= 0.3 is 0 Å². The molecule has 28 heavy (non-hydrogen) atoms. The fraction of sp³-hybridized carbons (Fsp3) is 0.0800. The molecule has 0 radical (unpaired) electrons. The highest BCUT2D eigenvalue weighted by molar-refractivity contribution is 6.32. The van der Waals surface area contributed by atoms with Gasteiger partial charge in [0, 0.05) is 40.7 Å². The number of allylic oxidation sites excluding steroid dienone is 1. The number of para-hydroxylation sites is 2. The van der Waals surface area contributed by atoms with E-state index < -0.39 is 0 Å². The Labute approximate surface area is 163 Å². The molecule has 4 aromatic rings. The first-order chi connectivity index (χ1) is 13.6. The lowest BCUT2D eigenvalue weighted by Gasteiger charge is -2.13. The minimum Gasteiger partial charge on any atom is -0.358 e. The van der Waals surface area contributed by atoms with E-state index in [-0.39, 0.29) is 5.82 Å². The molecule has 0 unspecified atom stereocenters. The molecule has 0 saturated carbocycles. The zero-order chi connectivity index (χ0) is 19.3. The van der Waals surface area contributed by atoms with Gasteiger partial charge < -0.3 is 4.98 Å². The summed E-state index contributed by atoms with van der Waals surface area (Å²) >= 11 is 0. The summed E-state index contributed by atoms with van der Waals surface area (Å²) in [5, 5.41) is 1.17. The average molecular weight is 367 g/mol. The Balaban J connectivity index is 1.92. The molecule has 2 N–H and O–H groups in total. The zero-order valence-electron chi connectivity index (χ0n) is 15.8. The van der Waals surface area contributed by atoms with Gasteiger partial charge in [0.2, 0.25) is 5.69 Å². The number of aromatic nitrogens is 1. The Kier molecular flexibility index (Phi) is 3.76. The van der Waals surface area contributed by atoms with E-state index in [1.165, 1.54) is 23.1 Å². The van der Waals surface area contributed by atoms with Crippen LogP contribution in [0.25, 0.3) is 22.0 Å². The van der Waals surface area contributed by atoms with Gasteiger partial charge in [-0.3, -0.25) is 0 Å². The van der Waals surface area contributed by atoms with Crippen LogP contribution in [0.1, 0.15) is 29.3 Å². The van der Waals surface area contributed by atoms with Crippen molar-refractivity contribution in [2.24, 2.45) is 0 Å². The van der Waals surface area contributed by atoms with E-state index in [4.69, 9.17) is 0 Å². The van der Waals surface area contributed by atoms with Gasteiger partial charge in [-0.15, -0.1) is 0 Å². The second-order valence-electron chi connectivity index (χ2n) is 7.22. The summed E-state index contributed by atoms with van der Waals surface area (Å²) in [5.74, 6) is -0.227. The lowest BCUT2D eigenvalue weighted by atomic mass is 9.87. The molecule has 0 saturated heterocycles. The Hall–Kier alpha value is -3.46. The molecule has 2 heterocycles. The molecule has 1 aliphatic heterocycles. The number of aromatic amines is 1. The van der Waals surface area contributed by atoms with Gasteiger partial charge in [0.25, 0.3) is 0 Å². The van der Waals surface area contributed by atoms with E-state index in [1.54, 1.807) is 0 Å². The normalized spacial score (nSPS) is 14.9. The fourth-order valence-corrected chi connectivity index (χ4v) is 4.23. The Morgan fingerprint density at radius 1 is 0.857 bits per heavy atom. The zero-order valence-corrected chi connectivity index (χ0v) is 15.8. The van der Waals surface area contributed by atoms with Crippen LogP contribution in [0.5, 0.6) is 0 Å². The number of fused-ring (bicyclic) bond motifs is 2. The molecule has 3 heteroatoms. The maximum Gasteiger partial charge on any atom is 0.211 e. The van der Waals surface area contributed by atoms with Crippen LogP contribution in [-0.2, 0) is 0 Å². The van der Waals surface area contributed by atoms with Gasteiger partial charge in [-0.05, 0) is 36.8 Å². The van der Waals surface area contributed by atoms with Crippen LogP contribution in [0.15, 0.2) is 72.8 Å². The van der Waals surface area contributed by atoms with Crippen molar-refractivity contribution in [1.82, 2.24) is 4.98 Å². The maximum absolute atomic E-state index is 13.7. The molecule has 5 rings (SSSR count). The first kappa shape index (κ1) is 16.7. The molecule has 2 nitrogen and oxygen atoms in total. The van der Waals surface area contributed by atoms with Crippen LogP contribution in [0.2, 0.25) is 0 Å². The van der Waals surface area contributed by atoms with E-state index in [9.17, 15) is 4.39 Å². The van der Waals surface area contributed by atoms with Gasteiger partial charge in [0.1, 0.15) is 5.82 Å². The van der Waals surface area contributed by atoms with Crippen LogP contribution >= 0.6 is 0 Å². The average Bonchev–Trinajstić information content (AvgIpc) is 3.20. The molecule has 0 aliphatic carbocycles. The lowest BCUT2D eigenvalue weighted by Crippen LogP contribution is -2.62. The quantitative estimate of drug-likeness (QED) is 0.512. The number of nitrogens with one attached hydrogen (secondary N) is 2. The van der Waals surface area contributed by atoms with E-state index in [0.29, 0.717) is 0 Å². The number of H-pyrrole nitrogens is 1. The van der Waals surface area contributed by atoms with E-state index >= 15 is 0 Å². The predicted octanol–water partition coefficient (Wildman–Crippen LogP) is 4.76. The second-order valence-corrected chi connectivity index (χ2v) is 7.22. The fourth-order valence-electron chi connectivity index (χ4n) is 4.23. The van der Waals surface area contributed by atoms with Crippen LogP contribution < -0.4 is 4.99 Å². The van der Waals surface area contributed by atoms with Gasteiger partial charge in [-0.1, -0.05) is 42.5 Å². The minimum absolute atomic E-state index is 0.227. The van der Waals surface area contributed by atoms with Crippen LogP contribution in [0, 0.1) is 12.7 Å². The first-order valence-electron chi connectivity index (χ1n) is 9.42. The van der Waals surface area contributed by atoms with Crippen molar-refractivity contribution in [2.75, 3.05) is 0 Å². The SMILES string of the molecule is CC1=[NH+]c2ccccc2C1=C(c1ccc(F)cc1)c1c(C)[nH]c2ccccc12. The van der Waals surface area contributed by atoms with Crippen LogP contribution in [0.4, 0.5) is 10.1 Å². The number of rotatable bonds is 2. The van der Waals surface area contributed by atoms with Crippen molar-refractivity contribution >= 4 is 33.4 Å². The monoisotopic (exact) mass is 367 g/mol. The number of hydrogen-bond donors (Lipinski definition) is 2. The van der Waals surface area contributed by atoms with E-state index in [2.05, 4.69) is 60.2 Å². The van der Waals surface area contributed by atoms with Crippen molar-refractivity contribution in [2.45, 2.75) is 13.8 Å². The van der Waals surface area contributed by atoms with Crippen molar-refractivity contribution in [3.8, 4) is 0 Å². The Bertz CT molecular complexity index is 1270. The van der Waals surface area contributed by atoms with Gasteiger partial charge in [-0.2, -0.15) is 0 Å². The van der Waals surface area contributed by atoms with Gasteiger partial charge in [0.15, 0.2) is 5.71 Å². The molecule has 136 valence electrons. The predicted molar refractivity (Wildman–Crippen MR) is 113 cm³/mol. The molecule has 1 aliphatic rings. The summed E-state index contributed by atoms with van der Waals surface area (Å²) in [5.41, 5.74) is 10.0. The smallest absolute Gasteiger partial charge is 0.211 e. The minimum atomic E-state index is -0.227. The highest BCUT2D eigenvalue weighted by Gasteiger charge is 2.30. The third kappa shape index (κ3) is 2.51. The standard InChI is InChI=1S/C25H19FN2/c1-15-23(19-7-3-5-9-21(19)27-15)25(17-11-13-18(26)14-12-17)24-16(2)28-22-10-6-4-8-20(22)24/h3-14,27H,1-2H3/p+1. The molecule has 3 aromatic carbocycles. The highest BCUT2D eigenvalue weighted by Crippen LogP contribution is 2.40. The summed E-state index contributed by atoms with van der Waals surface area (Å²) in [6, 6.07) is 23.5. The number of aryl methyl sites for hydroxylation is 1. The largest absolute Gasteiger partial charge is 0.358 e. The summed E-state index contributed by atoms with van der Waals surface area (Å²) < 4.78 is 13.7. The molecule has 0 fully saturated rings. The summed E-state index contributed by atoms with van der Waals surface area (Å²) in [7, 11) is 0. The first-order valence-corrected chi connectivity index (χ1v) is 9.42. The highest BCUT2D eigenvalue weighted by atomic mass is 19.1. The van der Waals surface area contributed by atoms with E-state index in [0.717, 1.165) is 44.9 Å². The van der Waals surface area contributed by atoms with Crippen LogP contribution in [-0.4, -0.2) is 10.7 Å².